The lowest BCUT2D eigenvalue weighted by atomic mass is 10.1. The fraction of sp³-hybridized carbons (Fsp3) is 0.737. The highest BCUT2D eigenvalue weighted by atomic mass is 16.5. The van der Waals surface area contributed by atoms with Crippen molar-refractivity contribution in [1.29, 1.82) is 0 Å². The third-order valence-corrected chi connectivity index (χ3v) is 3.56. The summed E-state index contributed by atoms with van der Waals surface area (Å²) in [5.41, 5.74) is 0. The number of carboxylic acid groups (broad SMARTS) is 1. The number of ether oxygens (including phenoxy) is 1. The Labute approximate surface area is 136 Å². The van der Waals surface area contributed by atoms with E-state index < -0.39 is 12.1 Å². The molecule has 1 atom stereocenters. The van der Waals surface area contributed by atoms with Gasteiger partial charge in [-0.15, -0.1) is 0 Å². The van der Waals surface area contributed by atoms with Gasteiger partial charge < -0.3 is 9.84 Å². The molecule has 0 aromatic rings. The molecule has 0 spiro atoms. The summed E-state index contributed by atoms with van der Waals surface area (Å²) < 4.78 is 5.33. The van der Waals surface area contributed by atoms with Crippen molar-refractivity contribution in [3.8, 4) is 0 Å². The maximum atomic E-state index is 10.8. The molecule has 128 valence electrons. The molecule has 0 radical (unpaired) electrons. The van der Waals surface area contributed by atoms with Crippen molar-refractivity contribution < 1.29 is 14.6 Å². The molecule has 0 saturated carbocycles. The second-order valence-corrected chi connectivity index (χ2v) is 5.63. The first kappa shape index (κ1) is 20.9. The third kappa shape index (κ3) is 13.9. The number of carbonyl (C=O) groups is 1. The normalized spacial score (nSPS) is 13.2. The largest absolute Gasteiger partial charge is 0.479 e. The Bertz CT molecular complexity index is 308. The van der Waals surface area contributed by atoms with Crippen molar-refractivity contribution >= 4 is 5.97 Å². The molecule has 1 N–H and O–H groups in total. The van der Waals surface area contributed by atoms with Crippen LogP contribution >= 0.6 is 0 Å². The van der Waals surface area contributed by atoms with E-state index in [9.17, 15) is 4.79 Å². The van der Waals surface area contributed by atoms with Gasteiger partial charge in [0, 0.05) is 6.61 Å². The Hall–Kier alpha value is -1.09. The summed E-state index contributed by atoms with van der Waals surface area (Å²) in [6.45, 7) is 4.61. The van der Waals surface area contributed by atoms with Gasteiger partial charge in [0.2, 0.25) is 0 Å². The number of hydrogen-bond acceptors (Lipinski definition) is 2. The summed E-state index contributed by atoms with van der Waals surface area (Å²) in [6.07, 6.45) is 19.3. The van der Waals surface area contributed by atoms with Crippen LogP contribution in [0.3, 0.4) is 0 Å². The molecule has 0 amide bonds. The van der Waals surface area contributed by atoms with Crippen LogP contribution in [0.25, 0.3) is 0 Å². The molecule has 3 heteroatoms. The topological polar surface area (TPSA) is 46.5 Å². The lowest BCUT2D eigenvalue weighted by Crippen LogP contribution is -2.23. The molecular weight excluding hydrogens is 276 g/mol. The van der Waals surface area contributed by atoms with Crippen LogP contribution < -0.4 is 0 Å². The second-order valence-electron chi connectivity index (χ2n) is 5.63. The van der Waals surface area contributed by atoms with Gasteiger partial charge in [0.1, 0.15) is 0 Å². The molecule has 0 saturated heterocycles. The number of hydrogen-bond donors (Lipinski definition) is 1. The summed E-state index contributed by atoms with van der Waals surface area (Å²) in [5, 5.41) is 8.84. The van der Waals surface area contributed by atoms with Crippen molar-refractivity contribution in [2.24, 2.45) is 0 Å². The molecular formula is C19H34O3. The van der Waals surface area contributed by atoms with Gasteiger partial charge in [-0.2, -0.15) is 0 Å². The lowest BCUT2D eigenvalue weighted by Gasteiger charge is -2.10. The first-order valence-corrected chi connectivity index (χ1v) is 8.86. The standard InChI is InChI=1S/C19H34O3/c1-3-5-6-7-8-9-10-11-12-13-14-15-16-17-22-18(4-2)19(20)21/h8-9,11-12,18H,3-7,10,13-17H2,1-2H3,(H,20,21)/b9-8-,12-11-. The Balaban J connectivity index is 3.35. The van der Waals surface area contributed by atoms with E-state index in [2.05, 4.69) is 31.2 Å². The van der Waals surface area contributed by atoms with Gasteiger partial charge in [-0.1, -0.05) is 57.4 Å². The van der Waals surface area contributed by atoms with E-state index in [1.165, 1.54) is 25.7 Å². The zero-order valence-corrected chi connectivity index (χ0v) is 14.4. The first-order chi connectivity index (χ1) is 10.7. The zero-order chi connectivity index (χ0) is 16.5. The molecule has 0 fully saturated rings. The first-order valence-electron chi connectivity index (χ1n) is 8.86. The molecule has 0 aromatic heterocycles. The summed E-state index contributed by atoms with van der Waals surface area (Å²) in [6, 6.07) is 0. The van der Waals surface area contributed by atoms with E-state index in [4.69, 9.17) is 9.84 Å². The van der Waals surface area contributed by atoms with Crippen LogP contribution in [-0.2, 0) is 9.53 Å². The molecule has 3 nitrogen and oxygen atoms in total. The molecule has 1 unspecified atom stereocenters. The maximum absolute atomic E-state index is 10.8. The van der Waals surface area contributed by atoms with E-state index in [1.54, 1.807) is 0 Å². The number of allylic oxidation sites excluding steroid dienone is 4. The van der Waals surface area contributed by atoms with Gasteiger partial charge in [0.05, 0.1) is 0 Å². The van der Waals surface area contributed by atoms with Crippen molar-refractivity contribution in [2.45, 2.75) is 84.2 Å². The van der Waals surface area contributed by atoms with E-state index in [-0.39, 0.29) is 0 Å². The monoisotopic (exact) mass is 310 g/mol. The minimum atomic E-state index is -0.854. The van der Waals surface area contributed by atoms with Gasteiger partial charge in [-0.3, -0.25) is 0 Å². The highest BCUT2D eigenvalue weighted by Crippen LogP contribution is 2.05. The van der Waals surface area contributed by atoms with Crippen molar-refractivity contribution in [3.63, 3.8) is 0 Å². The van der Waals surface area contributed by atoms with E-state index >= 15 is 0 Å². The third-order valence-electron chi connectivity index (χ3n) is 3.56. The van der Waals surface area contributed by atoms with Crippen LogP contribution in [0.1, 0.15) is 78.1 Å². The van der Waals surface area contributed by atoms with E-state index in [0.29, 0.717) is 13.0 Å². The Morgan fingerprint density at radius 1 is 0.955 bits per heavy atom. The fourth-order valence-electron chi connectivity index (χ4n) is 2.15. The van der Waals surface area contributed by atoms with Crippen LogP contribution in [-0.4, -0.2) is 23.8 Å². The summed E-state index contributed by atoms with van der Waals surface area (Å²) in [4.78, 5) is 10.8. The molecule has 22 heavy (non-hydrogen) atoms. The molecule has 0 rings (SSSR count). The number of carboxylic acids is 1. The van der Waals surface area contributed by atoms with Crippen molar-refractivity contribution in [3.05, 3.63) is 24.3 Å². The smallest absolute Gasteiger partial charge is 0.332 e. The highest BCUT2D eigenvalue weighted by Gasteiger charge is 2.14. The summed E-state index contributed by atoms with van der Waals surface area (Å²) in [7, 11) is 0. The van der Waals surface area contributed by atoms with Crippen molar-refractivity contribution in [1.82, 2.24) is 0 Å². The Morgan fingerprint density at radius 3 is 2.14 bits per heavy atom. The van der Waals surface area contributed by atoms with Gasteiger partial charge in [0.15, 0.2) is 6.10 Å². The molecule has 0 aromatic carbocycles. The Morgan fingerprint density at radius 2 is 1.59 bits per heavy atom. The van der Waals surface area contributed by atoms with Crippen LogP contribution in [0.4, 0.5) is 0 Å². The minimum absolute atomic E-state index is 0.532. The van der Waals surface area contributed by atoms with Crippen LogP contribution in [0.5, 0.6) is 0 Å². The maximum Gasteiger partial charge on any atom is 0.332 e. The van der Waals surface area contributed by atoms with E-state index in [1.807, 2.05) is 6.92 Å². The van der Waals surface area contributed by atoms with Gasteiger partial charge in [0.25, 0.3) is 0 Å². The number of rotatable bonds is 15. The predicted octanol–water partition coefficient (Wildman–Crippen LogP) is 5.51. The summed E-state index contributed by atoms with van der Waals surface area (Å²) in [5.74, 6) is -0.854. The van der Waals surface area contributed by atoms with Gasteiger partial charge in [-0.05, 0) is 44.9 Å². The number of unbranched alkanes of at least 4 members (excludes halogenated alkanes) is 6. The molecule has 0 aliphatic rings. The SMILES string of the molecule is CCCCC/C=C\C/C=C\CCCCCOC(CC)C(=O)O. The van der Waals surface area contributed by atoms with Crippen LogP contribution in [0, 0.1) is 0 Å². The fourth-order valence-corrected chi connectivity index (χ4v) is 2.15. The molecule has 0 bridgehead atoms. The average molecular weight is 310 g/mol. The minimum Gasteiger partial charge on any atom is -0.479 e. The quantitative estimate of drug-likeness (QED) is 0.320. The average Bonchev–Trinajstić information content (AvgIpc) is 2.51. The van der Waals surface area contributed by atoms with Gasteiger partial charge in [-0.25, -0.2) is 4.79 Å². The van der Waals surface area contributed by atoms with E-state index in [0.717, 1.165) is 32.1 Å². The summed E-state index contributed by atoms with van der Waals surface area (Å²) >= 11 is 0. The predicted molar refractivity (Wildman–Crippen MR) is 93.2 cm³/mol. The Kier molecular flexibility index (Phi) is 15.5. The van der Waals surface area contributed by atoms with Crippen LogP contribution in [0.15, 0.2) is 24.3 Å². The lowest BCUT2D eigenvalue weighted by molar-refractivity contribution is -0.150. The zero-order valence-electron chi connectivity index (χ0n) is 14.4. The van der Waals surface area contributed by atoms with Crippen molar-refractivity contribution in [2.75, 3.05) is 6.61 Å². The second kappa shape index (κ2) is 16.3. The number of aliphatic carboxylic acids is 1. The molecule has 0 aliphatic heterocycles. The molecule has 0 heterocycles. The van der Waals surface area contributed by atoms with Gasteiger partial charge >= 0.3 is 5.97 Å². The molecule has 0 aliphatic carbocycles. The van der Waals surface area contributed by atoms with Crippen LogP contribution in [0.2, 0.25) is 0 Å². The highest BCUT2D eigenvalue weighted by molar-refractivity contribution is 5.72.